The summed E-state index contributed by atoms with van der Waals surface area (Å²) in [6, 6.07) is 9.08. The van der Waals surface area contributed by atoms with Crippen molar-refractivity contribution in [2.24, 2.45) is 0 Å². The summed E-state index contributed by atoms with van der Waals surface area (Å²) in [4.78, 5) is 16.1. The Morgan fingerprint density at radius 2 is 2.24 bits per heavy atom. The molecule has 6 nitrogen and oxygen atoms in total. The zero-order valence-electron chi connectivity index (χ0n) is 13.7. The number of carbonyl (C=O) groups is 1. The molecule has 2 N–H and O–H groups in total. The number of carbonyl (C=O) groups excluding carboxylic acids is 1. The smallest absolute Gasteiger partial charge is 0.315 e. The predicted octanol–water partition coefficient (Wildman–Crippen LogP) is 2.99. The predicted molar refractivity (Wildman–Crippen MR) is 89.9 cm³/mol. The number of rotatable bonds is 6. The molecule has 0 bridgehead atoms. The molecule has 1 aliphatic rings. The molecule has 0 spiro atoms. The number of ether oxygens (including phenoxy) is 2. The first-order chi connectivity index (χ1) is 12.2. The summed E-state index contributed by atoms with van der Waals surface area (Å²) in [7, 11) is 0. The fraction of sp³-hybridized carbons (Fsp3) is 0.333. The Bertz CT molecular complexity index is 720. The Kier molecular flexibility index (Phi) is 5.79. The maximum Gasteiger partial charge on any atom is 0.315 e. The van der Waals surface area contributed by atoms with E-state index in [2.05, 4.69) is 15.6 Å². The van der Waals surface area contributed by atoms with Gasteiger partial charge in [-0.1, -0.05) is 12.1 Å². The fourth-order valence-corrected chi connectivity index (χ4v) is 2.54. The van der Waals surface area contributed by atoms with Gasteiger partial charge in [0.2, 0.25) is 5.88 Å². The van der Waals surface area contributed by atoms with E-state index in [4.69, 9.17) is 9.47 Å². The molecule has 25 heavy (non-hydrogen) atoms. The van der Waals surface area contributed by atoms with Crippen molar-refractivity contribution in [2.75, 3.05) is 13.2 Å². The molecule has 7 heteroatoms. The van der Waals surface area contributed by atoms with E-state index in [9.17, 15) is 9.18 Å². The summed E-state index contributed by atoms with van der Waals surface area (Å²) in [6.45, 7) is 1.49. The van der Waals surface area contributed by atoms with Crippen LogP contribution in [-0.4, -0.2) is 30.3 Å². The van der Waals surface area contributed by atoms with Crippen LogP contribution in [0.4, 0.5) is 9.18 Å². The van der Waals surface area contributed by atoms with Crippen molar-refractivity contribution in [3.63, 3.8) is 0 Å². The van der Waals surface area contributed by atoms with Gasteiger partial charge in [-0.2, -0.15) is 0 Å². The molecule has 2 heterocycles. The average Bonchev–Trinajstić information content (AvgIpc) is 3.13. The van der Waals surface area contributed by atoms with Crippen LogP contribution in [0.2, 0.25) is 0 Å². The number of pyridine rings is 1. The minimum Gasteiger partial charge on any atom is -0.439 e. The number of nitrogens with zero attached hydrogens (tertiary/aromatic N) is 1. The fourth-order valence-electron chi connectivity index (χ4n) is 2.54. The third kappa shape index (κ3) is 5.15. The van der Waals surface area contributed by atoms with Crippen molar-refractivity contribution in [3.05, 3.63) is 54.0 Å². The standard InChI is InChI=1S/C18H20FN3O3/c19-14-5-1-6-15(10-14)25-17-13(4-2-8-20-17)11-21-18(23)22-12-16-7-3-9-24-16/h1-2,4-6,8,10,16H,3,7,9,11-12H2,(H2,21,22,23)/t16-/m0/s1. The first-order valence-electron chi connectivity index (χ1n) is 8.21. The molecular formula is C18H20FN3O3. The molecule has 1 aromatic heterocycles. The van der Waals surface area contributed by atoms with Crippen molar-refractivity contribution < 1.29 is 18.7 Å². The number of urea groups is 1. The Morgan fingerprint density at radius 1 is 1.32 bits per heavy atom. The lowest BCUT2D eigenvalue weighted by molar-refractivity contribution is 0.111. The highest BCUT2D eigenvalue weighted by Crippen LogP contribution is 2.23. The second kappa shape index (κ2) is 8.43. The molecule has 0 unspecified atom stereocenters. The molecule has 0 aliphatic carbocycles. The van der Waals surface area contributed by atoms with Crippen LogP contribution in [0.5, 0.6) is 11.6 Å². The molecule has 3 rings (SSSR count). The van der Waals surface area contributed by atoms with Crippen LogP contribution in [0.1, 0.15) is 18.4 Å². The highest BCUT2D eigenvalue weighted by atomic mass is 19.1. The Balaban J connectivity index is 1.54. The number of hydrogen-bond donors (Lipinski definition) is 2. The zero-order chi connectivity index (χ0) is 17.5. The van der Waals surface area contributed by atoms with Crippen LogP contribution in [-0.2, 0) is 11.3 Å². The van der Waals surface area contributed by atoms with Crippen molar-refractivity contribution in [1.29, 1.82) is 0 Å². The summed E-state index contributed by atoms with van der Waals surface area (Å²) in [5.41, 5.74) is 0.694. The van der Waals surface area contributed by atoms with Gasteiger partial charge in [-0.25, -0.2) is 14.2 Å². The number of benzene rings is 1. The molecule has 0 saturated carbocycles. The molecule has 1 aliphatic heterocycles. The molecule has 2 amide bonds. The van der Waals surface area contributed by atoms with E-state index < -0.39 is 0 Å². The molecule has 1 atom stereocenters. The molecule has 1 aromatic carbocycles. The van der Waals surface area contributed by atoms with Crippen LogP contribution in [0.15, 0.2) is 42.6 Å². The summed E-state index contributed by atoms with van der Waals surface area (Å²) < 4.78 is 24.3. The Hall–Kier alpha value is -2.67. The van der Waals surface area contributed by atoms with Gasteiger partial charge in [0.15, 0.2) is 0 Å². The van der Waals surface area contributed by atoms with Gasteiger partial charge in [-0.3, -0.25) is 0 Å². The molecule has 2 aromatic rings. The van der Waals surface area contributed by atoms with E-state index in [1.807, 2.05) is 0 Å². The maximum absolute atomic E-state index is 13.3. The van der Waals surface area contributed by atoms with Crippen molar-refractivity contribution in [2.45, 2.75) is 25.5 Å². The Labute approximate surface area is 145 Å². The van der Waals surface area contributed by atoms with Gasteiger partial charge in [-0.15, -0.1) is 0 Å². The maximum atomic E-state index is 13.3. The van der Waals surface area contributed by atoms with Gasteiger partial charge in [0.25, 0.3) is 0 Å². The minimum absolute atomic E-state index is 0.0935. The number of hydrogen-bond acceptors (Lipinski definition) is 4. The van der Waals surface area contributed by atoms with E-state index >= 15 is 0 Å². The summed E-state index contributed by atoms with van der Waals surface area (Å²) >= 11 is 0. The second-order valence-electron chi connectivity index (χ2n) is 5.73. The zero-order valence-corrected chi connectivity index (χ0v) is 13.7. The largest absolute Gasteiger partial charge is 0.439 e. The lowest BCUT2D eigenvalue weighted by Crippen LogP contribution is -2.39. The first kappa shape index (κ1) is 17.2. The molecular weight excluding hydrogens is 325 g/mol. The quantitative estimate of drug-likeness (QED) is 0.844. The summed E-state index contributed by atoms with van der Waals surface area (Å²) in [6.07, 6.45) is 3.67. The van der Waals surface area contributed by atoms with Crippen molar-refractivity contribution in [1.82, 2.24) is 15.6 Å². The second-order valence-corrected chi connectivity index (χ2v) is 5.73. The van der Waals surface area contributed by atoms with Gasteiger partial charge in [0.1, 0.15) is 11.6 Å². The third-order valence-electron chi connectivity index (χ3n) is 3.81. The van der Waals surface area contributed by atoms with E-state index in [0.29, 0.717) is 23.7 Å². The Morgan fingerprint density at radius 3 is 3.04 bits per heavy atom. The van der Waals surface area contributed by atoms with Crippen LogP contribution in [0.3, 0.4) is 0 Å². The number of aromatic nitrogens is 1. The molecule has 1 fully saturated rings. The van der Waals surface area contributed by atoms with Crippen LogP contribution in [0.25, 0.3) is 0 Å². The third-order valence-corrected chi connectivity index (χ3v) is 3.81. The van der Waals surface area contributed by atoms with Crippen LogP contribution >= 0.6 is 0 Å². The monoisotopic (exact) mass is 345 g/mol. The number of amides is 2. The van der Waals surface area contributed by atoms with Gasteiger partial charge in [0, 0.05) is 37.5 Å². The van der Waals surface area contributed by atoms with Gasteiger partial charge in [0.05, 0.1) is 6.10 Å². The molecule has 132 valence electrons. The minimum atomic E-state index is -0.387. The van der Waals surface area contributed by atoms with E-state index in [1.165, 1.54) is 12.1 Å². The topological polar surface area (TPSA) is 72.5 Å². The SMILES string of the molecule is O=C(NCc1cccnc1Oc1cccc(F)c1)NC[C@@H]1CCCO1. The van der Waals surface area contributed by atoms with E-state index in [1.54, 1.807) is 30.5 Å². The van der Waals surface area contributed by atoms with Crippen LogP contribution < -0.4 is 15.4 Å². The number of halogens is 1. The normalized spacial score (nSPS) is 16.4. The highest BCUT2D eigenvalue weighted by Gasteiger charge is 2.16. The lowest BCUT2D eigenvalue weighted by atomic mass is 10.2. The van der Waals surface area contributed by atoms with Gasteiger partial charge in [-0.05, 0) is 31.0 Å². The van der Waals surface area contributed by atoms with Gasteiger partial charge < -0.3 is 20.1 Å². The molecule has 1 saturated heterocycles. The summed E-state index contributed by atoms with van der Waals surface area (Å²) in [5, 5.41) is 5.55. The lowest BCUT2D eigenvalue weighted by Gasteiger charge is -2.13. The summed E-state index contributed by atoms with van der Waals surface area (Å²) in [5.74, 6) is 0.289. The van der Waals surface area contributed by atoms with E-state index in [0.717, 1.165) is 19.4 Å². The van der Waals surface area contributed by atoms with Crippen LogP contribution in [0, 0.1) is 5.82 Å². The van der Waals surface area contributed by atoms with Gasteiger partial charge >= 0.3 is 6.03 Å². The average molecular weight is 345 g/mol. The number of nitrogens with one attached hydrogen (secondary N) is 2. The highest BCUT2D eigenvalue weighted by molar-refractivity contribution is 5.73. The van der Waals surface area contributed by atoms with E-state index in [-0.39, 0.29) is 24.5 Å². The van der Waals surface area contributed by atoms with Crippen molar-refractivity contribution in [3.8, 4) is 11.6 Å². The molecule has 0 radical (unpaired) electrons. The van der Waals surface area contributed by atoms with Crippen molar-refractivity contribution >= 4 is 6.03 Å². The first-order valence-corrected chi connectivity index (χ1v) is 8.21.